The van der Waals surface area contributed by atoms with Gasteiger partial charge in [-0.15, -0.1) is 0 Å². The van der Waals surface area contributed by atoms with Gasteiger partial charge in [0.05, 0.1) is 17.5 Å². The van der Waals surface area contributed by atoms with Gasteiger partial charge < -0.3 is 19.9 Å². The van der Waals surface area contributed by atoms with Crippen molar-refractivity contribution in [2.45, 2.75) is 32.6 Å². The molecule has 7 heteroatoms. The monoisotopic (exact) mass is 333 g/mol. The SMILES string of the molecule is CC(=O)c1cc2c(cc1NC(=O)[C@@H]1CCCC[C@@H]1C(=O)O)OCO2. The number of carboxylic acid groups (broad SMARTS) is 1. The van der Waals surface area contributed by atoms with Gasteiger partial charge in [-0.2, -0.15) is 0 Å². The molecule has 1 aromatic rings. The third-order valence-corrected chi connectivity index (χ3v) is 4.57. The summed E-state index contributed by atoms with van der Waals surface area (Å²) >= 11 is 0. The molecule has 2 aliphatic rings. The van der Waals surface area contributed by atoms with E-state index in [1.165, 1.54) is 13.0 Å². The van der Waals surface area contributed by atoms with Gasteiger partial charge in [0.15, 0.2) is 17.3 Å². The number of ketones is 1. The molecule has 0 bridgehead atoms. The molecular formula is C17H19NO6. The molecular weight excluding hydrogens is 314 g/mol. The molecule has 0 saturated heterocycles. The first-order valence-corrected chi connectivity index (χ1v) is 7.95. The van der Waals surface area contributed by atoms with Gasteiger partial charge in [-0.3, -0.25) is 14.4 Å². The number of benzene rings is 1. The van der Waals surface area contributed by atoms with Crippen molar-refractivity contribution in [3.8, 4) is 11.5 Å². The first-order valence-electron chi connectivity index (χ1n) is 7.95. The Hall–Kier alpha value is -2.57. The van der Waals surface area contributed by atoms with Crippen molar-refractivity contribution in [2.75, 3.05) is 12.1 Å². The molecule has 0 radical (unpaired) electrons. The summed E-state index contributed by atoms with van der Waals surface area (Å²) in [6.45, 7) is 1.46. The van der Waals surface area contributed by atoms with Crippen LogP contribution in [-0.4, -0.2) is 29.6 Å². The first kappa shape index (κ1) is 16.3. The quantitative estimate of drug-likeness (QED) is 0.821. The van der Waals surface area contributed by atoms with E-state index in [4.69, 9.17) is 9.47 Å². The van der Waals surface area contributed by atoms with Crippen molar-refractivity contribution in [3.63, 3.8) is 0 Å². The van der Waals surface area contributed by atoms with E-state index in [0.717, 1.165) is 12.8 Å². The second-order valence-electron chi connectivity index (χ2n) is 6.13. The molecule has 0 unspecified atom stereocenters. The number of fused-ring (bicyclic) bond motifs is 1. The van der Waals surface area contributed by atoms with Crippen LogP contribution in [-0.2, 0) is 9.59 Å². The lowest BCUT2D eigenvalue weighted by atomic mass is 9.78. The minimum atomic E-state index is -0.952. The van der Waals surface area contributed by atoms with Gasteiger partial charge in [-0.05, 0) is 25.8 Å². The van der Waals surface area contributed by atoms with Crippen molar-refractivity contribution in [1.29, 1.82) is 0 Å². The van der Waals surface area contributed by atoms with E-state index in [9.17, 15) is 19.5 Å². The number of amides is 1. The Balaban J connectivity index is 1.86. The molecule has 1 aromatic carbocycles. The molecule has 128 valence electrons. The Morgan fingerprint density at radius 2 is 1.71 bits per heavy atom. The summed E-state index contributed by atoms with van der Waals surface area (Å²) in [6, 6.07) is 3.09. The van der Waals surface area contributed by atoms with Crippen molar-refractivity contribution in [3.05, 3.63) is 17.7 Å². The van der Waals surface area contributed by atoms with Crippen LogP contribution in [0, 0.1) is 11.8 Å². The van der Waals surface area contributed by atoms with E-state index in [2.05, 4.69) is 5.32 Å². The molecule has 3 rings (SSSR count). The van der Waals surface area contributed by atoms with Crippen LogP contribution in [0.25, 0.3) is 0 Å². The average molecular weight is 333 g/mol. The van der Waals surface area contributed by atoms with Crippen LogP contribution in [0.1, 0.15) is 43.0 Å². The lowest BCUT2D eigenvalue weighted by Gasteiger charge is -2.27. The summed E-state index contributed by atoms with van der Waals surface area (Å²) in [4.78, 5) is 35.8. The highest BCUT2D eigenvalue weighted by atomic mass is 16.7. The number of carboxylic acids is 1. The number of carbonyl (C=O) groups is 3. The lowest BCUT2D eigenvalue weighted by Crippen LogP contribution is -2.36. The molecule has 1 aliphatic heterocycles. The standard InChI is InChI=1S/C17H19NO6/c1-9(19)12-6-14-15(24-8-23-14)7-13(12)18-16(20)10-4-2-3-5-11(10)17(21)22/h6-7,10-11H,2-5,8H2,1H3,(H,18,20)(H,21,22)/t10-,11+/m1/s1. The number of carbonyl (C=O) groups excluding carboxylic acids is 2. The van der Waals surface area contributed by atoms with Crippen molar-refractivity contribution >= 4 is 23.3 Å². The van der Waals surface area contributed by atoms with E-state index in [1.807, 2.05) is 0 Å². The third kappa shape index (κ3) is 3.06. The van der Waals surface area contributed by atoms with Crippen LogP contribution < -0.4 is 14.8 Å². The number of ether oxygens (including phenoxy) is 2. The Bertz CT molecular complexity index is 699. The third-order valence-electron chi connectivity index (χ3n) is 4.57. The zero-order valence-electron chi connectivity index (χ0n) is 13.3. The van der Waals surface area contributed by atoms with Crippen LogP contribution in [0.2, 0.25) is 0 Å². The number of Topliss-reactive ketones (excluding diaryl/α,β-unsaturated/α-hetero) is 1. The minimum absolute atomic E-state index is 0.0633. The van der Waals surface area contributed by atoms with Gasteiger partial charge in [0, 0.05) is 11.6 Å². The van der Waals surface area contributed by atoms with E-state index >= 15 is 0 Å². The molecule has 2 atom stereocenters. The van der Waals surface area contributed by atoms with E-state index in [-0.39, 0.29) is 18.5 Å². The van der Waals surface area contributed by atoms with Crippen LogP contribution in [0.3, 0.4) is 0 Å². The van der Waals surface area contributed by atoms with Crippen LogP contribution >= 0.6 is 0 Å². The second kappa shape index (κ2) is 6.51. The van der Waals surface area contributed by atoms with Gasteiger partial charge >= 0.3 is 5.97 Å². The zero-order valence-corrected chi connectivity index (χ0v) is 13.3. The van der Waals surface area contributed by atoms with Crippen molar-refractivity contribution in [2.24, 2.45) is 11.8 Å². The summed E-state index contributed by atoms with van der Waals surface area (Å²) in [5.41, 5.74) is 0.641. The number of aliphatic carboxylic acids is 1. The van der Waals surface area contributed by atoms with Gasteiger partial charge in [0.2, 0.25) is 12.7 Å². The maximum absolute atomic E-state index is 12.6. The number of rotatable bonds is 4. The van der Waals surface area contributed by atoms with Gasteiger partial charge in [0.25, 0.3) is 0 Å². The lowest BCUT2D eigenvalue weighted by molar-refractivity contribution is -0.147. The molecule has 2 N–H and O–H groups in total. The molecule has 1 saturated carbocycles. The summed E-state index contributed by atoms with van der Waals surface area (Å²) in [5, 5.41) is 12.0. The summed E-state index contributed by atoms with van der Waals surface area (Å²) < 4.78 is 10.5. The van der Waals surface area contributed by atoms with E-state index < -0.39 is 17.8 Å². The molecule has 7 nitrogen and oxygen atoms in total. The normalized spacial score (nSPS) is 22.0. The van der Waals surface area contributed by atoms with E-state index in [0.29, 0.717) is 35.6 Å². The number of anilines is 1. The molecule has 1 fully saturated rings. The van der Waals surface area contributed by atoms with Crippen LogP contribution in [0.15, 0.2) is 12.1 Å². The maximum Gasteiger partial charge on any atom is 0.307 e. The number of hydrogen-bond donors (Lipinski definition) is 2. The fraction of sp³-hybridized carbons (Fsp3) is 0.471. The Labute approximate surface area is 138 Å². The topological polar surface area (TPSA) is 102 Å². The molecule has 1 amide bonds. The number of nitrogens with one attached hydrogen (secondary N) is 1. The predicted octanol–water partition coefficient (Wildman–Crippen LogP) is 2.45. The molecule has 1 aliphatic carbocycles. The van der Waals surface area contributed by atoms with Crippen molar-refractivity contribution in [1.82, 2.24) is 0 Å². The highest BCUT2D eigenvalue weighted by Crippen LogP contribution is 2.38. The smallest absolute Gasteiger partial charge is 0.307 e. The highest BCUT2D eigenvalue weighted by Gasteiger charge is 2.36. The average Bonchev–Trinajstić information content (AvgIpc) is 3.01. The highest BCUT2D eigenvalue weighted by molar-refractivity contribution is 6.05. The zero-order chi connectivity index (χ0) is 17.3. The molecule has 1 heterocycles. The van der Waals surface area contributed by atoms with Gasteiger partial charge in [-0.1, -0.05) is 12.8 Å². The Morgan fingerprint density at radius 1 is 1.08 bits per heavy atom. The molecule has 0 spiro atoms. The minimum Gasteiger partial charge on any atom is -0.481 e. The molecule has 0 aromatic heterocycles. The van der Waals surface area contributed by atoms with Crippen LogP contribution in [0.5, 0.6) is 11.5 Å². The summed E-state index contributed by atoms with van der Waals surface area (Å²) in [7, 11) is 0. The number of hydrogen-bond acceptors (Lipinski definition) is 5. The summed E-state index contributed by atoms with van der Waals surface area (Å²) in [6.07, 6.45) is 2.66. The van der Waals surface area contributed by atoms with Gasteiger partial charge in [0.1, 0.15) is 0 Å². The van der Waals surface area contributed by atoms with Crippen LogP contribution in [0.4, 0.5) is 5.69 Å². The first-order chi connectivity index (χ1) is 11.5. The molecule has 24 heavy (non-hydrogen) atoms. The predicted molar refractivity (Wildman–Crippen MR) is 84.3 cm³/mol. The second-order valence-corrected chi connectivity index (χ2v) is 6.13. The maximum atomic E-state index is 12.6. The fourth-order valence-electron chi connectivity index (χ4n) is 3.30. The summed E-state index contributed by atoms with van der Waals surface area (Å²) in [5.74, 6) is -1.92. The Morgan fingerprint density at radius 3 is 2.33 bits per heavy atom. The largest absolute Gasteiger partial charge is 0.481 e. The van der Waals surface area contributed by atoms with Crippen molar-refractivity contribution < 1.29 is 29.0 Å². The van der Waals surface area contributed by atoms with Gasteiger partial charge in [-0.25, -0.2) is 0 Å². The van der Waals surface area contributed by atoms with E-state index in [1.54, 1.807) is 6.07 Å². The fourth-order valence-corrected chi connectivity index (χ4v) is 3.30. The Kier molecular flexibility index (Phi) is 4.42.